The lowest BCUT2D eigenvalue weighted by molar-refractivity contribution is -0.132. The molecule has 23 heavy (non-hydrogen) atoms. The number of carbonyl (C=O) groups is 1. The van der Waals surface area contributed by atoms with Gasteiger partial charge in [0.15, 0.2) is 0 Å². The normalized spacial score (nSPS) is 25.4. The highest BCUT2D eigenvalue weighted by atomic mass is 35.5. The predicted octanol–water partition coefficient (Wildman–Crippen LogP) is 2.54. The lowest BCUT2D eigenvalue weighted by Gasteiger charge is -2.21. The van der Waals surface area contributed by atoms with Crippen molar-refractivity contribution in [1.29, 1.82) is 0 Å². The van der Waals surface area contributed by atoms with Crippen molar-refractivity contribution in [3.05, 3.63) is 30.3 Å². The molecule has 2 aliphatic rings. The highest BCUT2D eigenvalue weighted by molar-refractivity contribution is 5.85. The van der Waals surface area contributed by atoms with E-state index in [1.165, 1.54) is 0 Å². The predicted molar refractivity (Wildman–Crippen MR) is 90.9 cm³/mol. The smallest absolute Gasteiger partial charge is 0.262 e. The van der Waals surface area contributed by atoms with E-state index < -0.39 is 18.5 Å². The minimum absolute atomic E-state index is 0. The Bertz CT molecular complexity index is 519. The second-order valence-corrected chi connectivity index (χ2v) is 5.77. The molecule has 1 aromatic rings. The molecule has 0 radical (unpaired) electrons. The zero-order valence-corrected chi connectivity index (χ0v) is 14.1. The number of hydrogen-bond donors (Lipinski definition) is 2. The Balaban J connectivity index is 0.00000132. The first-order valence-electron chi connectivity index (χ1n) is 7.25. The Morgan fingerprint density at radius 1 is 1.26 bits per heavy atom. The van der Waals surface area contributed by atoms with Crippen molar-refractivity contribution >= 4 is 36.4 Å². The summed E-state index contributed by atoms with van der Waals surface area (Å²) in [7, 11) is 0. The average Bonchev–Trinajstić information content (AvgIpc) is 3.06. The fraction of sp³-hybridized carbons (Fsp3) is 0.533. The van der Waals surface area contributed by atoms with Gasteiger partial charge in [0.1, 0.15) is 0 Å². The lowest BCUT2D eigenvalue weighted by Crippen LogP contribution is -2.43. The average molecular weight is 368 g/mol. The fourth-order valence-electron chi connectivity index (χ4n) is 2.96. The molecule has 0 aliphatic carbocycles. The summed E-state index contributed by atoms with van der Waals surface area (Å²) in [6.45, 7) is 0.785. The number of alkyl halides is 2. The number of halogens is 4. The van der Waals surface area contributed by atoms with Gasteiger partial charge >= 0.3 is 0 Å². The van der Waals surface area contributed by atoms with Gasteiger partial charge < -0.3 is 10.2 Å². The Morgan fingerprint density at radius 3 is 2.57 bits per heavy atom. The number of amides is 1. The minimum Gasteiger partial charge on any atom is -0.380 e. The molecule has 2 aliphatic heterocycles. The van der Waals surface area contributed by atoms with Crippen molar-refractivity contribution in [1.82, 2.24) is 10.2 Å². The van der Waals surface area contributed by atoms with Crippen molar-refractivity contribution in [3.8, 4) is 0 Å². The monoisotopic (exact) mass is 367 g/mol. The maximum atomic E-state index is 13.2. The number of anilines is 1. The summed E-state index contributed by atoms with van der Waals surface area (Å²) >= 11 is 0. The van der Waals surface area contributed by atoms with E-state index in [4.69, 9.17) is 0 Å². The SMILES string of the molecule is Cl.Cl.O=C(C1CC(F)(F)CN1)N1CCC(Nc2ccccc2)C1. The summed E-state index contributed by atoms with van der Waals surface area (Å²) in [4.78, 5) is 13.9. The third-order valence-corrected chi connectivity index (χ3v) is 4.05. The third kappa shape index (κ3) is 4.93. The molecule has 2 fully saturated rings. The van der Waals surface area contributed by atoms with E-state index in [0.29, 0.717) is 13.1 Å². The number of carbonyl (C=O) groups excluding carboxylic acids is 1. The van der Waals surface area contributed by atoms with E-state index >= 15 is 0 Å². The maximum Gasteiger partial charge on any atom is 0.262 e. The quantitative estimate of drug-likeness (QED) is 0.862. The van der Waals surface area contributed by atoms with Gasteiger partial charge in [-0.2, -0.15) is 0 Å². The van der Waals surface area contributed by atoms with Crippen molar-refractivity contribution in [2.45, 2.75) is 30.8 Å². The van der Waals surface area contributed by atoms with Crippen LogP contribution in [0, 0.1) is 0 Å². The van der Waals surface area contributed by atoms with Crippen LogP contribution in [0.3, 0.4) is 0 Å². The molecule has 0 bridgehead atoms. The Hall–Kier alpha value is -1.11. The molecule has 130 valence electrons. The van der Waals surface area contributed by atoms with Crippen molar-refractivity contribution in [2.24, 2.45) is 0 Å². The standard InChI is InChI=1S/C15H19F2N3O.2ClH/c16-15(17)8-13(18-10-15)14(21)20-7-6-12(9-20)19-11-4-2-1-3-5-11;;/h1-5,12-13,18-19H,6-10H2;2*1H. The van der Waals surface area contributed by atoms with Crippen LogP contribution < -0.4 is 10.6 Å². The van der Waals surface area contributed by atoms with Crippen LogP contribution in [0.5, 0.6) is 0 Å². The van der Waals surface area contributed by atoms with Crippen LogP contribution in [-0.2, 0) is 4.79 Å². The summed E-state index contributed by atoms with van der Waals surface area (Å²) < 4.78 is 26.3. The van der Waals surface area contributed by atoms with Gasteiger partial charge in [-0.05, 0) is 18.6 Å². The molecular weight excluding hydrogens is 347 g/mol. The first-order chi connectivity index (χ1) is 10.0. The largest absolute Gasteiger partial charge is 0.380 e. The number of hydrogen-bond acceptors (Lipinski definition) is 3. The molecule has 3 rings (SSSR count). The van der Waals surface area contributed by atoms with Gasteiger partial charge in [-0.15, -0.1) is 24.8 Å². The minimum atomic E-state index is -2.76. The van der Waals surface area contributed by atoms with Gasteiger partial charge in [-0.25, -0.2) is 8.78 Å². The van der Waals surface area contributed by atoms with Crippen LogP contribution in [0.15, 0.2) is 30.3 Å². The van der Waals surface area contributed by atoms with Crippen molar-refractivity contribution in [3.63, 3.8) is 0 Å². The van der Waals surface area contributed by atoms with Gasteiger partial charge in [0.25, 0.3) is 5.92 Å². The van der Waals surface area contributed by atoms with Crippen LogP contribution in [0.4, 0.5) is 14.5 Å². The zero-order valence-electron chi connectivity index (χ0n) is 12.5. The van der Waals surface area contributed by atoms with Crippen LogP contribution in [0.2, 0.25) is 0 Å². The van der Waals surface area contributed by atoms with Gasteiger partial charge in [0, 0.05) is 31.2 Å². The summed E-state index contributed by atoms with van der Waals surface area (Å²) in [5.41, 5.74) is 1.02. The van der Waals surface area contributed by atoms with E-state index in [9.17, 15) is 13.6 Å². The van der Waals surface area contributed by atoms with Crippen LogP contribution in [-0.4, -0.2) is 48.4 Å². The maximum absolute atomic E-state index is 13.2. The van der Waals surface area contributed by atoms with E-state index in [1.54, 1.807) is 4.90 Å². The molecule has 0 spiro atoms. The van der Waals surface area contributed by atoms with Gasteiger partial charge in [0.05, 0.1) is 12.6 Å². The summed E-state index contributed by atoms with van der Waals surface area (Å²) in [5, 5.41) is 6.00. The van der Waals surface area contributed by atoms with E-state index in [1.807, 2.05) is 30.3 Å². The van der Waals surface area contributed by atoms with Gasteiger partial charge in [-0.3, -0.25) is 10.1 Å². The number of rotatable bonds is 3. The van der Waals surface area contributed by atoms with Crippen molar-refractivity contribution in [2.75, 3.05) is 25.0 Å². The molecule has 4 nitrogen and oxygen atoms in total. The number of nitrogens with zero attached hydrogens (tertiary/aromatic N) is 1. The number of likely N-dealkylation sites (tertiary alicyclic amines) is 1. The second-order valence-electron chi connectivity index (χ2n) is 5.77. The van der Waals surface area contributed by atoms with Crippen molar-refractivity contribution < 1.29 is 13.6 Å². The molecule has 1 amide bonds. The van der Waals surface area contributed by atoms with E-state index in [-0.39, 0.29) is 43.2 Å². The molecule has 2 saturated heterocycles. The summed E-state index contributed by atoms with van der Waals surface area (Å²) in [5.74, 6) is -2.97. The Labute approximate surface area is 146 Å². The number of nitrogens with one attached hydrogen (secondary N) is 2. The van der Waals surface area contributed by atoms with Crippen LogP contribution in [0.1, 0.15) is 12.8 Å². The van der Waals surface area contributed by atoms with Gasteiger partial charge in [0.2, 0.25) is 5.91 Å². The summed E-state index contributed by atoms with van der Waals surface area (Å²) in [6, 6.07) is 9.23. The Kier molecular flexibility index (Phi) is 7.04. The second kappa shape index (κ2) is 8.13. The number of benzene rings is 1. The van der Waals surface area contributed by atoms with E-state index in [0.717, 1.165) is 12.1 Å². The molecule has 2 atom stereocenters. The Morgan fingerprint density at radius 2 is 1.96 bits per heavy atom. The van der Waals surface area contributed by atoms with E-state index in [2.05, 4.69) is 10.6 Å². The molecule has 2 N–H and O–H groups in total. The molecule has 8 heteroatoms. The molecule has 2 unspecified atom stereocenters. The molecule has 2 heterocycles. The first kappa shape index (κ1) is 19.9. The molecule has 0 saturated carbocycles. The van der Waals surface area contributed by atoms with Crippen LogP contribution >= 0.6 is 24.8 Å². The molecule has 1 aromatic carbocycles. The zero-order chi connectivity index (χ0) is 14.9. The molecule has 0 aromatic heterocycles. The fourth-order valence-corrected chi connectivity index (χ4v) is 2.96. The van der Waals surface area contributed by atoms with Gasteiger partial charge in [-0.1, -0.05) is 18.2 Å². The number of para-hydroxylation sites is 1. The van der Waals surface area contributed by atoms with Crippen LogP contribution in [0.25, 0.3) is 0 Å². The highest BCUT2D eigenvalue weighted by Crippen LogP contribution is 2.27. The summed E-state index contributed by atoms with van der Waals surface area (Å²) in [6.07, 6.45) is 0.447. The topological polar surface area (TPSA) is 44.4 Å². The highest BCUT2D eigenvalue weighted by Gasteiger charge is 2.44. The first-order valence-corrected chi connectivity index (χ1v) is 7.25. The molecular formula is C15H21Cl2F2N3O. The lowest BCUT2D eigenvalue weighted by atomic mass is 10.1. The third-order valence-electron chi connectivity index (χ3n) is 4.05.